The Morgan fingerprint density at radius 2 is 1.83 bits per heavy atom. The number of carbonyl (C=O) groups excluding carboxylic acids is 1. The van der Waals surface area contributed by atoms with Crippen LogP contribution in [0.2, 0.25) is 0 Å². The summed E-state index contributed by atoms with van der Waals surface area (Å²) >= 11 is 0. The lowest BCUT2D eigenvalue weighted by atomic mass is 9.81. The van der Waals surface area contributed by atoms with Gasteiger partial charge in [0.15, 0.2) is 5.76 Å². The van der Waals surface area contributed by atoms with Crippen LogP contribution in [0.4, 0.5) is 5.69 Å². The quantitative estimate of drug-likeness (QED) is 0.521. The van der Waals surface area contributed by atoms with Crippen LogP contribution < -0.4 is 10.6 Å². The zero-order chi connectivity index (χ0) is 20.1. The minimum atomic E-state index is -0.218. The summed E-state index contributed by atoms with van der Waals surface area (Å²) in [6.45, 7) is 4.11. The van der Waals surface area contributed by atoms with E-state index in [-0.39, 0.29) is 5.91 Å². The van der Waals surface area contributed by atoms with Crippen molar-refractivity contribution in [3.05, 3.63) is 65.9 Å². The molecular formula is C25H30N2O2. The first kappa shape index (κ1) is 19.7. The van der Waals surface area contributed by atoms with Crippen LogP contribution in [0.3, 0.4) is 0 Å². The van der Waals surface area contributed by atoms with Crippen LogP contribution in [0.5, 0.6) is 0 Å². The fourth-order valence-electron chi connectivity index (χ4n) is 4.38. The third-order valence-electron chi connectivity index (χ3n) is 6.15. The summed E-state index contributed by atoms with van der Waals surface area (Å²) in [4.78, 5) is 12.7. The monoisotopic (exact) mass is 390 g/mol. The Labute approximate surface area is 172 Å². The predicted molar refractivity (Wildman–Crippen MR) is 118 cm³/mol. The van der Waals surface area contributed by atoms with Gasteiger partial charge in [-0.25, -0.2) is 0 Å². The van der Waals surface area contributed by atoms with E-state index in [9.17, 15) is 4.79 Å². The first-order valence-electron chi connectivity index (χ1n) is 10.8. The fraction of sp³-hybridized carbons (Fsp3) is 0.400. The summed E-state index contributed by atoms with van der Waals surface area (Å²) in [5.41, 5.74) is 2.65. The highest BCUT2D eigenvalue weighted by molar-refractivity contribution is 6.04. The van der Waals surface area contributed by atoms with Crippen molar-refractivity contribution in [3.8, 4) is 0 Å². The van der Waals surface area contributed by atoms with Crippen LogP contribution in [-0.2, 0) is 6.54 Å². The largest absolute Gasteiger partial charge is 0.451 e. The van der Waals surface area contributed by atoms with Crippen molar-refractivity contribution in [2.45, 2.75) is 45.6 Å². The number of hydrogen-bond donors (Lipinski definition) is 2. The van der Waals surface area contributed by atoms with Gasteiger partial charge >= 0.3 is 0 Å². The highest BCUT2D eigenvalue weighted by Gasteiger charge is 2.20. The van der Waals surface area contributed by atoms with Gasteiger partial charge in [-0.1, -0.05) is 75.4 Å². The molecular weight excluding hydrogens is 360 g/mol. The number of hydrogen-bond acceptors (Lipinski definition) is 3. The van der Waals surface area contributed by atoms with E-state index in [0.717, 1.165) is 41.2 Å². The van der Waals surface area contributed by atoms with Gasteiger partial charge in [0.1, 0.15) is 5.58 Å². The van der Waals surface area contributed by atoms with Gasteiger partial charge in [-0.15, -0.1) is 0 Å². The fourth-order valence-corrected chi connectivity index (χ4v) is 4.38. The molecule has 4 nitrogen and oxygen atoms in total. The van der Waals surface area contributed by atoms with Crippen LogP contribution >= 0.6 is 0 Å². The third-order valence-corrected chi connectivity index (χ3v) is 6.15. The lowest BCUT2D eigenvalue weighted by Gasteiger charge is -2.28. The number of rotatable bonds is 7. The molecule has 0 spiro atoms. The number of fused-ring (bicyclic) bond motifs is 1. The zero-order valence-electron chi connectivity index (χ0n) is 17.1. The van der Waals surface area contributed by atoms with Crippen LogP contribution in [0.1, 0.15) is 55.1 Å². The Balaban J connectivity index is 1.36. The van der Waals surface area contributed by atoms with E-state index in [4.69, 9.17) is 4.42 Å². The van der Waals surface area contributed by atoms with Crippen molar-refractivity contribution in [2.75, 3.05) is 11.9 Å². The van der Waals surface area contributed by atoms with Gasteiger partial charge in [0.2, 0.25) is 0 Å². The number of carbonyl (C=O) groups is 1. The Morgan fingerprint density at radius 1 is 1.07 bits per heavy atom. The van der Waals surface area contributed by atoms with E-state index in [0.29, 0.717) is 11.7 Å². The van der Waals surface area contributed by atoms with E-state index >= 15 is 0 Å². The number of nitrogens with one attached hydrogen (secondary N) is 2. The van der Waals surface area contributed by atoms with Gasteiger partial charge in [-0.2, -0.15) is 0 Å². The first-order chi connectivity index (χ1) is 14.2. The zero-order valence-corrected chi connectivity index (χ0v) is 17.1. The summed E-state index contributed by atoms with van der Waals surface area (Å²) in [6.07, 6.45) is 6.90. The van der Waals surface area contributed by atoms with Crippen LogP contribution in [-0.4, -0.2) is 12.5 Å². The molecule has 0 radical (unpaired) electrons. The average Bonchev–Trinajstić information content (AvgIpc) is 3.20. The van der Waals surface area contributed by atoms with E-state index < -0.39 is 0 Å². The van der Waals surface area contributed by atoms with Crippen LogP contribution in [0.25, 0.3) is 11.0 Å². The number of benzene rings is 2. The highest BCUT2D eigenvalue weighted by atomic mass is 16.3. The van der Waals surface area contributed by atoms with Gasteiger partial charge in [0, 0.05) is 17.6 Å². The Bertz CT molecular complexity index is 923. The smallest absolute Gasteiger partial charge is 0.291 e. The molecule has 4 rings (SSSR count). The SMILES string of the molecule is CC(CNCc1ccccc1NC(=O)c1cc2ccccc2o1)C1CCCCC1. The van der Waals surface area contributed by atoms with Crippen LogP contribution in [0, 0.1) is 11.8 Å². The Hall–Kier alpha value is -2.59. The van der Waals surface area contributed by atoms with Crippen molar-refractivity contribution in [1.29, 1.82) is 0 Å². The molecule has 1 aromatic heterocycles. The molecule has 1 heterocycles. The maximum absolute atomic E-state index is 12.7. The standard InChI is InChI=1S/C25H30N2O2/c1-18(19-9-3-2-4-10-19)16-26-17-21-12-5-7-13-22(21)27-25(28)24-15-20-11-6-8-14-23(20)29-24/h5-8,11-15,18-19,26H,2-4,9-10,16-17H2,1H3,(H,27,28). The molecule has 1 unspecified atom stereocenters. The van der Waals surface area contributed by atoms with Crippen molar-refractivity contribution in [3.63, 3.8) is 0 Å². The molecule has 1 aliphatic rings. The topological polar surface area (TPSA) is 54.3 Å². The number of amides is 1. The molecule has 3 aromatic rings. The number of para-hydroxylation sites is 2. The van der Waals surface area contributed by atoms with Gasteiger partial charge in [0.25, 0.3) is 5.91 Å². The van der Waals surface area contributed by atoms with Gasteiger partial charge in [0.05, 0.1) is 0 Å². The Kier molecular flexibility index (Phi) is 6.30. The molecule has 1 amide bonds. The summed E-state index contributed by atoms with van der Waals surface area (Å²) in [5, 5.41) is 7.55. The molecule has 152 valence electrons. The van der Waals surface area contributed by atoms with Crippen LogP contribution in [0.15, 0.2) is 59.0 Å². The molecule has 1 fully saturated rings. The summed E-state index contributed by atoms with van der Waals surface area (Å²) in [6, 6.07) is 17.4. The number of anilines is 1. The summed E-state index contributed by atoms with van der Waals surface area (Å²) in [5.74, 6) is 1.65. The minimum Gasteiger partial charge on any atom is -0.451 e. The first-order valence-corrected chi connectivity index (χ1v) is 10.8. The molecule has 0 aliphatic heterocycles. The second-order valence-electron chi connectivity index (χ2n) is 8.27. The maximum atomic E-state index is 12.7. The molecule has 1 aliphatic carbocycles. The molecule has 4 heteroatoms. The molecule has 29 heavy (non-hydrogen) atoms. The predicted octanol–water partition coefficient (Wildman–Crippen LogP) is 5.99. The normalized spacial score (nSPS) is 16.0. The lowest BCUT2D eigenvalue weighted by molar-refractivity contribution is 0.0998. The van der Waals surface area contributed by atoms with Crippen molar-refractivity contribution < 1.29 is 9.21 Å². The van der Waals surface area contributed by atoms with E-state index in [1.54, 1.807) is 6.07 Å². The molecule has 1 saturated carbocycles. The maximum Gasteiger partial charge on any atom is 0.291 e. The van der Waals surface area contributed by atoms with E-state index in [1.807, 2.05) is 42.5 Å². The molecule has 0 bridgehead atoms. The summed E-state index contributed by atoms with van der Waals surface area (Å²) < 4.78 is 5.69. The molecule has 0 saturated heterocycles. The average molecular weight is 391 g/mol. The highest BCUT2D eigenvalue weighted by Crippen LogP contribution is 2.29. The lowest BCUT2D eigenvalue weighted by Crippen LogP contribution is -2.27. The van der Waals surface area contributed by atoms with Gasteiger partial charge in [-0.3, -0.25) is 4.79 Å². The van der Waals surface area contributed by atoms with Crippen molar-refractivity contribution in [1.82, 2.24) is 5.32 Å². The van der Waals surface area contributed by atoms with Gasteiger partial charge < -0.3 is 15.1 Å². The summed E-state index contributed by atoms with van der Waals surface area (Å²) in [7, 11) is 0. The molecule has 1 atom stereocenters. The second kappa shape index (κ2) is 9.27. The van der Waals surface area contributed by atoms with Gasteiger partial charge in [-0.05, 0) is 42.1 Å². The van der Waals surface area contributed by atoms with E-state index in [1.165, 1.54) is 32.1 Å². The van der Waals surface area contributed by atoms with Crippen molar-refractivity contribution in [2.24, 2.45) is 11.8 Å². The Morgan fingerprint density at radius 3 is 2.66 bits per heavy atom. The minimum absolute atomic E-state index is 0.218. The second-order valence-corrected chi connectivity index (χ2v) is 8.27. The van der Waals surface area contributed by atoms with E-state index in [2.05, 4.69) is 23.6 Å². The number of furan rings is 1. The third kappa shape index (κ3) is 4.88. The molecule has 2 aromatic carbocycles. The molecule has 2 N–H and O–H groups in total. The van der Waals surface area contributed by atoms with Crippen molar-refractivity contribution >= 4 is 22.6 Å².